The molecule has 240 valence electrons. The summed E-state index contributed by atoms with van der Waals surface area (Å²) in [5, 5.41) is 23.9. The molecule has 0 aliphatic carbocycles. The van der Waals surface area contributed by atoms with Crippen molar-refractivity contribution in [3.05, 3.63) is 63.3 Å². The van der Waals surface area contributed by atoms with Gasteiger partial charge in [0.05, 0.1) is 29.4 Å². The molecule has 1 spiro atoms. The molecule has 9 nitrogen and oxygen atoms in total. The number of aromatic amines is 1. The maximum Gasteiger partial charge on any atom is 0.305 e. The van der Waals surface area contributed by atoms with Crippen LogP contribution >= 0.6 is 11.3 Å². The van der Waals surface area contributed by atoms with Crippen molar-refractivity contribution in [2.45, 2.75) is 75.9 Å². The Kier molecular flexibility index (Phi) is 11.9. The Balaban J connectivity index is 0.878. The highest BCUT2D eigenvalue weighted by Gasteiger charge is 2.40. The highest BCUT2D eigenvalue weighted by atomic mass is 32.1. The number of unbranched alkanes of at least 4 members (excludes halogenated alkanes) is 6. The van der Waals surface area contributed by atoms with E-state index in [0.717, 1.165) is 68.9 Å². The number of amides is 1. The van der Waals surface area contributed by atoms with Crippen LogP contribution < -0.4 is 10.2 Å². The number of piperidine rings is 1. The molecule has 4 N–H and O–H groups in total. The predicted molar refractivity (Wildman–Crippen MR) is 175 cm³/mol. The first-order chi connectivity index (χ1) is 21.4. The van der Waals surface area contributed by atoms with E-state index in [1.807, 2.05) is 35.2 Å². The first kappa shape index (κ1) is 32.6. The number of nitrogens with zero attached hydrogens (tertiary/aromatic N) is 2. The number of nitrogens with one attached hydrogen (secondary N) is 2. The van der Waals surface area contributed by atoms with Crippen molar-refractivity contribution in [1.29, 1.82) is 0 Å². The van der Waals surface area contributed by atoms with Gasteiger partial charge in [-0.1, -0.05) is 79.8 Å². The zero-order valence-corrected chi connectivity index (χ0v) is 26.6. The van der Waals surface area contributed by atoms with Gasteiger partial charge in [0.2, 0.25) is 5.91 Å². The molecule has 2 fully saturated rings. The monoisotopic (exact) mass is 624 g/mol. The molecule has 0 saturated carbocycles. The molecule has 1 aromatic heterocycles. The molecular weight excluding hydrogens is 576 g/mol. The van der Waals surface area contributed by atoms with Gasteiger partial charge in [0.25, 0.3) is 0 Å². The second-order valence-electron chi connectivity index (χ2n) is 12.4. The second-order valence-corrected chi connectivity index (χ2v) is 13.4. The van der Waals surface area contributed by atoms with Crippen LogP contribution in [0.3, 0.4) is 0 Å². The molecule has 1 amide bonds. The Labute approximate surface area is 264 Å². The quantitative estimate of drug-likeness (QED) is 0.183. The number of H-pyrrole nitrogens is 1. The Bertz CT molecular complexity index is 1390. The lowest BCUT2D eigenvalue weighted by Crippen LogP contribution is -2.58. The van der Waals surface area contributed by atoms with Gasteiger partial charge in [0, 0.05) is 38.3 Å². The SMILES string of the molecule is O=C(Cc1ccccc1)N1CCOC2(CCN(CCCCCCCCCNCC(O)c3ccc(O)c4[nH]c(=O)sc34)CC2)C1. The normalized spacial score (nSPS) is 17.8. The van der Waals surface area contributed by atoms with Crippen molar-refractivity contribution in [3.8, 4) is 5.75 Å². The average Bonchev–Trinajstić information content (AvgIpc) is 3.43. The van der Waals surface area contributed by atoms with Crippen molar-refractivity contribution in [3.63, 3.8) is 0 Å². The summed E-state index contributed by atoms with van der Waals surface area (Å²) in [6, 6.07) is 13.2. The van der Waals surface area contributed by atoms with Crippen LogP contribution in [0.5, 0.6) is 5.75 Å². The van der Waals surface area contributed by atoms with Gasteiger partial charge in [0.15, 0.2) is 0 Å². The van der Waals surface area contributed by atoms with Gasteiger partial charge in [-0.25, -0.2) is 0 Å². The fourth-order valence-corrected chi connectivity index (χ4v) is 7.46. The molecule has 0 radical (unpaired) electrons. The maximum absolute atomic E-state index is 12.9. The number of benzene rings is 2. The van der Waals surface area contributed by atoms with E-state index in [2.05, 4.69) is 15.2 Å². The number of carbonyl (C=O) groups is 1. The standard InChI is InChI=1S/C34H48N4O5S/c39-28-14-13-27(32-31(28)36-33(42)44-32)29(40)24-35-17-9-4-2-1-3-5-10-18-37-19-15-34(16-20-37)25-38(21-22-43-34)30(41)23-26-11-7-6-8-12-26/h6-8,11-14,29,35,39-40H,1-5,9-10,15-25H2,(H,36,42). The number of fused-ring (bicyclic) bond motifs is 1. The largest absolute Gasteiger partial charge is 0.506 e. The molecule has 10 heteroatoms. The minimum absolute atomic E-state index is 0.0260. The molecule has 2 aromatic carbocycles. The minimum Gasteiger partial charge on any atom is -0.506 e. The summed E-state index contributed by atoms with van der Waals surface area (Å²) in [5.74, 6) is 0.236. The van der Waals surface area contributed by atoms with Crippen molar-refractivity contribution >= 4 is 27.5 Å². The van der Waals surface area contributed by atoms with Crippen LogP contribution in [0.1, 0.15) is 75.0 Å². The number of likely N-dealkylation sites (tertiary alicyclic amines) is 1. The number of ether oxygens (including phenoxy) is 1. The number of hydrogen-bond acceptors (Lipinski definition) is 8. The Morgan fingerprint density at radius 2 is 1.73 bits per heavy atom. The third-order valence-corrected chi connectivity index (χ3v) is 10.1. The van der Waals surface area contributed by atoms with Crippen LogP contribution in [-0.4, -0.2) is 88.9 Å². The van der Waals surface area contributed by atoms with Crippen LogP contribution in [0, 0.1) is 0 Å². The highest BCUT2D eigenvalue weighted by Crippen LogP contribution is 2.32. The summed E-state index contributed by atoms with van der Waals surface area (Å²) in [5.41, 5.74) is 1.97. The molecule has 3 heterocycles. The number of aromatic hydroxyl groups is 1. The van der Waals surface area contributed by atoms with E-state index in [1.165, 1.54) is 44.6 Å². The van der Waals surface area contributed by atoms with Gasteiger partial charge in [0.1, 0.15) is 11.3 Å². The molecule has 44 heavy (non-hydrogen) atoms. The molecule has 5 rings (SSSR count). The molecule has 2 aliphatic rings. The minimum atomic E-state index is -0.728. The fraction of sp³-hybridized carbons (Fsp3) is 0.588. The summed E-state index contributed by atoms with van der Waals surface area (Å²) in [6.07, 6.45) is 10.2. The fourth-order valence-electron chi connectivity index (χ4n) is 6.55. The molecule has 2 aliphatic heterocycles. The van der Waals surface area contributed by atoms with Crippen molar-refractivity contribution in [2.24, 2.45) is 0 Å². The summed E-state index contributed by atoms with van der Waals surface area (Å²) >= 11 is 1.01. The lowest BCUT2D eigenvalue weighted by atomic mass is 9.89. The van der Waals surface area contributed by atoms with E-state index < -0.39 is 6.10 Å². The first-order valence-electron chi connectivity index (χ1n) is 16.3. The topological polar surface area (TPSA) is 118 Å². The van der Waals surface area contributed by atoms with Crippen LogP contribution in [0.15, 0.2) is 47.3 Å². The van der Waals surface area contributed by atoms with E-state index in [1.54, 1.807) is 6.07 Å². The van der Waals surface area contributed by atoms with Gasteiger partial charge in [-0.15, -0.1) is 0 Å². The molecule has 0 bridgehead atoms. The third kappa shape index (κ3) is 8.91. The van der Waals surface area contributed by atoms with Crippen molar-refractivity contribution in [2.75, 3.05) is 52.4 Å². The zero-order chi connectivity index (χ0) is 30.8. The number of carbonyl (C=O) groups excluding carboxylic acids is 1. The lowest BCUT2D eigenvalue weighted by Gasteiger charge is -2.47. The maximum atomic E-state index is 12.9. The Morgan fingerprint density at radius 1 is 1.00 bits per heavy atom. The van der Waals surface area contributed by atoms with Crippen LogP contribution in [0.4, 0.5) is 0 Å². The predicted octanol–water partition coefficient (Wildman–Crippen LogP) is 4.59. The first-order valence-corrected chi connectivity index (χ1v) is 17.2. The van der Waals surface area contributed by atoms with E-state index in [4.69, 9.17) is 4.74 Å². The highest BCUT2D eigenvalue weighted by molar-refractivity contribution is 7.16. The number of aliphatic hydroxyl groups excluding tert-OH is 1. The Morgan fingerprint density at radius 3 is 2.50 bits per heavy atom. The zero-order valence-electron chi connectivity index (χ0n) is 25.8. The van der Waals surface area contributed by atoms with Gasteiger partial charge in [-0.2, -0.15) is 0 Å². The lowest BCUT2D eigenvalue weighted by molar-refractivity contribution is -0.159. The van der Waals surface area contributed by atoms with Crippen molar-refractivity contribution < 1.29 is 19.7 Å². The van der Waals surface area contributed by atoms with Gasteiger partial charge >= 0.3 is 4.87 Å². The van der Waals surface area contributed by atoms with E-state index >= 15 is 0 Å². The number of morpholine rings is 1. The molecular formula is C34H48N4O5S. The summed E-state index contributed by atoms with van der Waals surface area (Å²) in [7, 11) is 0. The molecule has 1 atom stereocenters. The van der Waals surface area contributed by atoms with Gasteiger partial charge < -0.3 is 35.1 Å². The van der Waals surface area contributed by atoms with Crippen molar-refractivity contribution in [1.82, 2.24) is 20.1 Å². The number of phenols is 1. The third-order valence-electron chi connectivity index (χ3n) is 9.18. The van der Waals surface area contributed by atoms with Gasteiger partial charge in [-0.05, 0) is 50.4 Å². The van der Waals surface area contributed by atoms with E-state index in [0.29, 0.717) is 41.9 Å². The summed E-state index contributed by atoms with van der Waals surface area (Å²) in [6.45, 7) is 6.56. The molecule has 3 aromatic rings. The number of aliphatic hydroxyl groups is 1. The van der Waals surface area contributed by atoms with Gasteiger partial charge in [-0.3, -0.25) is 9.59 Å². The number of hydrogen-bond donors (Lipinski definition) is 4. The van der Waals surface area contributed by atoms with Crippen LogP contribution in [0.25, 0.3) is 10.2 Å². The molecule has 1 unspecified atom stereocenters. The average molecular weight is 625 g/mol. The number of thiazole rings is 1. The molecule has 2 saturated heterocycles. The second kappa shape index (κ2) is 16.0. The van der Waals surface area contributed by atoms with Crippen LogP contribution in [0.2, 0.25) is 0 Å². The number of phenolic OH excluding ortho intramolecular Hbond substituents is 1. The summed E-state index contributed by atoms with van der Waals surface area (Å²) in [4.78, 5) is 31.6. The van der Waals surface area contributed by atoms with E-state index in [-0.39, 0.29) is 22.1 Å². The Hall–Kier alpha value is -2.76. The number of aromatic nitrogens is 1. The summed E-state index contributed by atoms with van der Waals surface area (Å²) < 4.78 is 6.90. The number of rotatable bonds is 15. The van der Waals surface area contributed by atoms with E-state index in [9.17, 15) is 19.8 Å². The van der Waals surface area contributed by atoms with Crippen LogP contribution in [-0.2, 0) is 16.0 Å². The smallest absolute Gasteiger partial charge is 0.305 e.